The Morgan fingerprint density at radius 3 is 2.62 bits per heavy atom. The molecular formula is C13H16O3. The molecule has 1 N–H and O–H groups in total. The van der Waals surface area contributed by atoms with Gasteiger partial charge in [-0.25, -0.2) is 4.79 Å². The summed E-state index contributed by atoms with van der Waals surface area (Å²) in [6, 6.07) is 9.17. The molecule has 0 aliphatic heterocycles. The Kier molecular flexibility index (Phi) is 4.73. The second-order valence-corrected chi connectivity index (χ2v) is 3.45. The van der Waals surface area contributed by atoms with Gasteiger partial charge in [0, 0.05) is 12.0 Å². The summed E-state index contributed by atoms with van der Waals surface area (Å²) in [4.78, 5) is 11.3. The Bertz CT molecular complexity index is 357. The minimum Gasteiger partial charge on any atom is -0.463 e. The van der Waals surface area contributed by atoms with Crippen molar-refractivity contribution in [2.24, 2.45) is 0 Å². The first-order valence-electron chi connectivity index (χ1n) is 5.23. The number of aliphatic hydroxyl groups excluding tert-OH is 1. The van der Waals surface area contributed by atoms with Gasteiger partial charge in [-0.3, -0.25) is 0 Å². The fourth-order valence-electron chi connectivity index (χ4n) is 1.34. The molecule has 1 unspecified atom stereocenters. The molecule has 1 aromatic carbocycles. The Morgan fingerprint density at radius 2 is 2.06 bits per heavy atom. The van der Waals surface area contributed by atoms with Gasteiger partial charge in [0.1, 0.15) is 0 Å². The van der Waals surface area contributed by atoms with E-state index >= 15 is 0 Å². The molecule has 0 aromatic heterocycles. The number of hydrogen-bond acceptors (Lipinski definition) is 3. The number of rotatable bonds is 5. The fraction of sp³-hybridized carbons (Fsp3) is 0.308. The molecule has 3 nitrogen and oxygen atoms in total. The Morgan fingerprint density at radius 1 is 1.44 bits per heavy atom. The highest BCUT2D eigenvalue weighted by Crippen LogP contribution is 2.20. The third kappa shape index (κ3) is 3.51. The molecule has 0 amide bonds. The Balaban J connectivity index is 2.55. The van der Waals surface area contributed by atoms with Crippen LogP contribution in [0.1, 0.15) is 25.0 Å². The van der Waals surface area contributed by atoms with Gasteiger partial charge < -0.3 is 9.84 Å². The number of carbonyl (C=O) groups excluding carboxylic acids is 1. The molecule has 1 atom stereocenters. The van der Waals surface area contributed by atoms with Crippen molar-refractivity contribution in [3.05, 3.63) is 48.0 Å². The lowest BCUT2D eigenvalue weighted by molar-refractivity contribution is -0.138. The largest absolute Gasteiger partial charge is 0.463 e. The number of hydrogen-bond donors (Lipinski definition) is 1. The van der Waals surface area contributed by atoms with Gasteiger partial charge in [-0.2, -0.15) is 0 Å². The topological polar surface area (TPSA) is 46.5 Å². The maximum Gasteiger partial charge on any atom is 0.333 e. The van der Waals surface area contributed by atoms with Crippen molar-refractivity contribution in [3.8, 4) is 0 Å². The van der Waals surface area contributed by atoms with E-state index in [4.69, 9.17) is 4.74 Å². The quantitative estimate of drug-likeness (QED) is 0.611. The molecule has 0 fully saturated rings. The van der Waals surface area contributed by atoms with Crippen molar-refractivity contribution in [2.75, 3.05) is 6.61 Å². The van der Waals surface area contributed by atoms with Crippen LogP contribution in [0.3, 0.4) is 0 Å². The number of esters is 1. The third-order valence-corrected chi connectivity index (χ3v) is 2.19. The first-order valence-corrected chi connectivity index (χ1v) is 5.23. The summed E-state index contributed by atoms with van der Waals surface area (Å²) in [7, 11) is 0. The summed E-state index contributed by atoms with van der Waals surface area (Å²) >= 11 is 0. The summed E-state index contributed by atoms with van der Waals surface area (Å²) in [6.07, 6.45) is -0.513. The van der Waals surface area contributed by atoms with Gasteiger partial charge in [-0.05, 0) is 12.5 Å². The van der Waals surface area contributed by atoms with E-state index in [0.29, 0.717) is 12.2 Å². The number of benzene rings is 1. The van der Waals surface area contributed by atoms with Crippen molar-refractivity contribution in [3.63, 3.8) is 0 Å². The molecule has 86 valence electrons. The van der Waals surface area contributed by atoms with Crippen LogP contribution in [0.2, 0.25) is 0 Å². The molecule has 0 aliphatic rings. The predicted octanol–water partition coefficient (Wildman–Crippen LogP) is 2.23. The summed E-state index contributed by atoms with van der Waals surface area (Å²) in [6.45, 7) is 5.66. The fourth-order valence-corrected chi connectivity index (χ4v) is 1.34. The van der Waals surface area contributed by atoms with Crippen LogP contribution in [0, 0.1) is 0 Å². The first-order chi connectivity index (χ1) is 7.65. The summed E-state index contributed by atoms with van der Waals surface area (Å²) < 4.78 is 4.79. The molecule has 0 heterocycles. The molecule has 0 radical (unpaired) electrons. The van der Waals surface area contributed by atoms with Gasteiger partial charge in [0.2, 0.25) is 0 Å². The van der Waals surface area contributed by atoms with E-state index in [1.54, 1.807) is 6.92 Å². The van der Waals surface area contributed by atoms with Crippen LogP contribution < -0.4 is 0 Å². The van der Waals surface area contributed by atoms with Crippen LogP contribution in [-0.4, -0.2) is 17.7 Å². The molecule has 3 heteroatoms. The summed E-state index contributed by atoms with van der Waals surface area (Å²) in [5.74, 6) is -0.447. The zero-order valence-electron chi connectivity index (χ0n) is 9.35. The molecule has 0 spiro atoms. The van der Waals surface area contributed by atoms with Crippen LogP contribution in [0.5, 0.6) is 0 Å². The zero-order chi connectivity index (χ0) is 12.0. The summed E-state index contributed by atoms with van der Waals surface area (Å²) in [5.41, 5.74) is 1.06. The number of carbonyl (C=O) groups is 1. The first kappa shape index (κ1) is 12.5. The molecule has 0 saturated carbocycles. The number of aliphatic hydroxyl groups is 1. The van der Waals surface area contributed by atoms with Gasteiger partial charge in [0.15, 0.2) is 0 Å². The highest BCUT2D eigenvalue weighted by atomic mass is 16.5. The minimum atomic E-state index is -0.710. The van der Waals surface area contributed by atoms with E-state index < -0.39 is 12.1 Å². The van der Waals surface area contributed by atoms with E-state index in [1.165, 1.54) is 0 Å². The normalized spacial score (nSPS) is 11.9. The second-order valence-electron chi connectivity index (χ2n) is 3.45. The maximum absolute atomic E-state index is 11.3. The van der Waals surface area contributed by atoms with E-state index in [-0.39, 0.29) is 6.42 Å². The molecule has 1 rings (SSSR count). The molecule has 0 bridgehead atoms. The van der Waals surface area contributed by atoms with Crippen LogP contribution in [0.15, 0.2) is 42.5 Å². The predicted molar refractivity (Wildman–Crippen MR) is 61.8 cm³/mol. The van der Waals surface area contributed by atoms with E-state index in [1.807, 2.05) is 30.3 Å². The minimum absolute atomic E-state index is 0.197. The van der Waals surface area contributed by atoms with Gasteiger partial charge in [-0.1, -0.05) is 36.9 Å². The lowest BCUT2D eigenvalue weighted by atomic mass is 10.0. The molecule has 0 aliphatic carbocycles. The third-order valence-electron chi connectivity index (χ3n) is 2.19. The molecular weight excluding hydrogens is 204 g/mol. The standard InChI is InChI=1S/C13H16O3/c1-3-16-13(15)10(2)9-12(14)11-7-5-4-6-8-11/h4-8,12,14H,2-3,9H2,1H3. The molecule has 16 heavy (non-hydrogen) atoms. The maximum atomic E-state index is 11.3. The van der Waals surface area contributed by atoms with E-state index in [9.17, 15) is 9.90 Å². The number of ether oxygens (including phenoxy) is 1. The Hall–Kier alpha value is -1.61. The van der Waals surface area contributed by atoms with Crippen LogP contribution in [-0.2, 0) is 9.53 Å². The lowest BCUT2D eigenvalue weighted by Gasteiger charge is -2.11. The second kappa shape index (κ2) is 6.08. The smallest absolute Gasteiger partial charge is 0.333 e. The van der Waals surface area contributed by atoms with Gasteiger partial charge >= 0.3 is 5.97 Å². The van der Waals surface area contributed by atoms with Crippen molar-refractivity contribution >= 4 is 5.97 Å². The van der Waals surface area contributed by atoms with Crippen LogP contribution in [0.4, 0.5) is 0 Å². The molecule has 1 aromatic rings. The SMILES string of the molecule is C=C(CC(O)c1ccccc1)C(=O)OCC. The van der Waals surface area contributed by atoms with E-state index in [0.717, 1.165) is 5.56 Å². The van der Waals surface area contributed by atoms with Gasteiger partial charge in [-0.15, -0.1) is 0 Å². The van der Waals surface area contributed by atoms with Gasteiger partial charge in [0.05, 0.1) is 12.7 Å². The zero-order valence-corrected chi connectivity index (χ0v) is 9.35. The van der Waals surface area contributed by atoms with Crippen LogP contribution >= 0.6 is 0 Å². The summed E-state index contributed by atoms with van der Waals surface area (Å²) in [5, 5.41) is 9.84. The van der Waals surface area contributed by atoms with Crippen molar-refractivity contribution in [1.29, 1.82) is 0 Å². The van der Waals surface area contributed by atoms with Crippen LogP contribution in [0.25, 0.3) is 0 Å². The monoisotopic (exact) mass is 220 g/mol. The van der Waals surface area contributed by atoms with Crippen molar-refractivity contribution < 1.29 is 14.6 Å². The lowest BCUT2D eigenvalue weighted by Crippen LogP contribution is -2.10. The highest BCUT2D eigenvalue weighted by molar-refractivity contribution is 5.87. The average Bonchev–Trinajstić information content (AvgIpc) is 2.30. The average molecular weight is 220 g/mol. The van der Waals surface area contributed by atoms with Gasteiger partial charge in [0.25, 0.3) is 0 Å². The van der Waals surface area contributed by atoms with Crippen molar-refractivity contribution in [1.82, 2.24) is 0 Å². The Labute approximate surface area is 95.4 Å². The van der Waals surface area contributed by atoms with Crippen molar-refractivity contribution in [2.45, 2.75) is 19.4 Å². The highest BCUT2D eigenvalue weighted by Gasteiger charge is 2.14. The molecule has 0 saturated heterocycles. The van der Waals surface area contributed by atoms with E-state index in [2.05, 4.69) is 6.58 Å².